The van der Waals surface area contributed by atoms with E-state index >= 15 is 0 Å². The number of fused-ring (bicyclic) bond motifs is 1. The highest BCUT2D eigenvalue weighted by molar-refractivity contribution is 5.82. The van der Waals surface area contributed by atoms with Gasteiger partial charge in [0.25, 0.3) is 0 Å². The molecule has 9 heteroatoms. The smallest absolute Gasteiger partial charge is 0.229 e. The predicted octanol–water partition coefficient (Wildman–Crippen LogP) is 5.91. The van der Waals surface area contributed by atoms with Crippen molar-refractivity contribution in [1.82, 2.24) is 19.9 Å². The molecule has 0 amide bonds. The van der Waals surface area contributed by atoms with E-state index < -0.39 is 5.82 Å². The van der Waals surface area contributed by atoms with E-state index in [2.05, 4.69) is 30.5 Å². The second-order valence-corrected chi connectivity index (χ2v) is 9.03. The van der Waals surface area contributed by atoms with Crippen LogP contribution >= 0.6 is 0 Å². The van der Waals surface area contributed by atoms with Crippen molar-refractivity contribution in [3.63, 3.8) is 0 Å². The molecule has 4 aromatic rings. The number of pyridine rings is 1. The maximum atomic E-state index is 14.5. The van der Waals surface area contributed by atoms with E-state index in [1.807, 2.05) is 48.5 Å². The molecule has 0 radical (unpaired) electrons. The second-order valence-electron chi connectivity index (χ2n) is 9.03. The van der Waals surface area contributed by atoms with Crippen molar-refractivity contribution in [3.8, 4) is 11.5 Å². The quantitative estimate of drug-likeness (QED) is 0.259. The van der Waals surface area contributed by atoms with E-state index in [-0.39, 0.29) is 11.8 Å². The molecule has 0 aliphatic carbocycles. The van der Waals surface area contributed by atoms with E-state index in [4.69, 9.17) is 9.47 Å². The lowest BCUT2D eigenvalue weighted by Gasteiger charge is -2.26. The van der Waals surface area contributed by atoms with E-state index in [0.717, 1.165) is 30.1 Å². The van der Waals surface area contributed by atoms with Gasteiger partial charge in [-0.3, -0.25) is 4.98 Å². The maximum absolute atomic E-state index is 14.5. The summed E-state index contributed by atoms with van der Waals surface area (Å²) < 4.78 is 26.0. The molecule has 1 saturated heterocycles. The predicted molar refractivity (Wildman–Crippen MR) is 144 cm³/mol. The lowest BCUT2D eigenvalue weighted by Crippen LogP contribution is -2.31. The zero-order valence-corrected chi connectivity index (χ0v) is 20.9. The van der Waals surface area contributed by atoms with Crippen LogP contribution in [-0.4, -0.2) is 53.2 Å². The summed E-state index contributed by atoms with van der Waals surface area (Å²) in [5.41, 5.74) is 2.19. The van der Waals surface area contributed by atoms with Crippen molar-refractivity contribution < 1.29 is 13.9 Å². The number of hydrogen-bond acceptors (Lipinski definition) is 8. The molecule has 2 aromatic carbocycles. The van der Waals surface area contributed by atoms with Crippen LogP contribution in [0, 0.1) is 5.82 Å². The maximum Gasteiger partial charge on any atom is 0.229 e. The lowest BCUT2D eigenvalue weighted by atomic mass is 10.1. The Morgan fingerprint density at radius 3 is 2.65 bits per heavy atom. The first kappa shape index (κ1) is 24.7. The molecule has 37 heavy (non-hydrogen) atoms. The van der Waals surface area contributed by atoms with E-state index in [9.17, 15) is 4.39 Å². The molecule has 8 nitrogen and oxygen atoms in total. The summed E-state index contributed by atoms with van der Waals surface area (Å²) in [5, 5.41) is 7.06. The zero-order valence-electron chi connectivity index (χ0n) is 20.9. The molecule has 1 aliphatic rings. The first-order valence-electron chi connectivity index (χ1n) is 12.6. The molecule has 0 unspecified atom stereocenters. The van der Waals surface area contributed by atoms with Gasteiger partial charge in [0, 0.05) is 23.7 Å². The SMILES string of the molecule is COc1cc(Nc2ncc(F)c(Nc3cnc4ccccc4c3)n2)ccc1OCCCN1CCCCC1. The van der Waals surface area contributed by atoms with Crippen molar-refractivity contribution in [2.75, 3.05) is 44.0 Å². The summed E-state index contributed by atoms with van der Waals surface area (Å²) in [6.45, 7) is 4.05. The van der Waals surface area contributed by atoms with Gasteiger partial charge in [0.05, 0.1) is 37.3 Å². The highest BCUT2D eigenvalue weighted by Gasteiger charge is 2.12. The minimum atomic E-state index is -0.565. The van der Waals surface area contributed by atoms with E-state index in [1.54, 1.807) is 13.3 Å². The average Bonchev–Trinajstić information content (AvgIpc) is 2.94. The Labute approximate surface area is 215 Å². The van der Waals surface area contributed by atoms with Crippen LogP contribution in [0.3, 0.4) is 0 Å². The molecule has 2 N–H and O–H groups in total. The third-order valence-electron chi connectivity index (χ3n) is 6.34. The molecule has 0 spiro atoms. The van der Waals surface area contributed by atoms with Crippen LogP contribution in [0.4, 0.5) is 27.5 Å². The fourth-order valence-electron chi connectivity index (χ4n) is 4.44. The van der Waals surface area contributed by atoms with Crippen LogP contribution in [0.2, 0.25) is 0 Å². The van der Waals surface area contributed by atoms with Crippen molar-refractivity contribution in [1.29, 1.82) is 0 Å². The van der Waals surface area contributed by atoms with E-state index in [1.165, 1.54) is 32.4 Å². The number of rotatable bonds is 10. The minimum Gasteiger partial charge on any atom is -0.493 e. The summed E-state index contributed by atoms with van der Waals surface area (Å²) in [5.74, 6) is 1.01. The Kier molecular flexibility index (Phi) is 7.90. The van der Waals surface area contributed by atoms with Crippen LogP contribution in [0.15, 0.2) is 60.9 Å². The summed E-state index contributed by atoms with van der Waals surface area (Å²) in [6.07, 6.45) is 7.66. The zero-order chi connectivity index (χ0) is 25.5. The molecule has 0 atom stereocenters. The lowest BCUT2D eigenvalue weighted by molar-refractivity contribution is 0.203. The summed E-state index contributed by atoms with van der Waals surface area (Å²) in [4.78, 5) is 15.3. The number of methoxy groups -OCH3 is 1. The fourth-order valence-corrected chi connectivity index (χ4v) is 4.44. The number of likely N-dealkylation sites (tertiary alicyclic amines) is 1. The topological polar surface area (TPSA) is 84.4 Å². The normalized spacial score (nSPS) is 13.9. The number of anilines is 4. The molecule has 0 bridgehead atoms. The summed E-state index contributed by atoms with van der Waals surface area (Å²) in [7, 11) is 1.60. The van der Waals surface area contributed by atoms with Crippen LogP contribution in [-0.2, 0) is 0 Å². The first-order chi connectivity index (χ1) is 18.2. The number of benzene rings is 2. The summed E-state index contributed by atoms with van der Waals surface area (Å²) in [6, 6.07) is 15.1. The van der Waals surface area contributed by atoms with Gasteiger partial charge in [0.1, 0.15) is 0 Å². The Bertz CT molecular complexity index is 1350. The number of piperidine rings is 1. The Hall–Kier alpha value is -3.98. The number of nitrogens with one attached hydrogen (secondary N) is 2. The van der Waals surface area contributed by atoms with Crippen LogP contribution in [0.5, 0.6) is 11.5 Å². The third-order valence-corrected chi connectivity index (χ3v) is 6.34. The highest BCUT2D eigenvalue weighted by atomic mass is 19.1. The van der Waals surface area contributed by atoms with Gasteiger partial charge < -0.3 is 25.0 Å². The largest absolute Gasteiger partial charge is 0.493 e. The number of nitrogens with zero attached hydrogens (tertiary/aromatic N) is 4. The molecule has 1 fully saturated rings. The van der Waals surface area contributed by atoms with Gasteiger partial charge in [-0.25, -0.2) is 9.37 Å². The molecule has 3 heterocycles. The monoisotopic (exact) mass is 502 g/mol. The van der Waals surface area contributed by atoms with Gasteiger partial charge in [-0.1, -0.05) is 24.6 Å². The van der Waals surface area contributed by atoms with Crippen molar-refractivity contribution in [2.45, 2.75) is 25.7 Å². The van der Waals surface area contributed by atoms with Crippen LogP contribution < -0.4 is 20.1 Å². The van der Waals surface area contributed by atoms with Crippen LogP contribution in [0.1, 0.15) is 25.7 Å². The second kappa shape index (κ2) is 11.8. The van der Waals surface area contributed by atoms with Crippen molar-refractivity contribution in [3.05, 3.63) is 66.7 Å². The fraction of sp³-hybridized carbons (Fsp3) is 0.321. The highest BCUT2D eigenvalue weighted by Crippen LogP contribution is 2.31. The van der Waals surface area contributed by atoms with Gasteiger partial charge in [-0.15, -0.1) is 0 Å². The standard InChI is InChI=1S/C28H31FN6O2/c1-36-26-17-21(10-11-25(26)37-15-7-14-35-12-5-2-6-13-35)33-28-31-19-23(29)27(34-28)32-22-16-20-8-3-4-9-24(20)30-18-22/h3-4,8-11,16-19H,2,5-7,12-15H2,1H3,(H2,31,32,33,34). The third kappa shape index (κ3) is 6.42. The molecule has 0 saturated carbocycles. The summed E-state index contributed by atoms with van der Waals surface area (Å²) >= 11 is 0. The molecular formula is C28H31FN6O2. The van der Waals surface area contributed by atoms with Gasteiger partial charge in [-0.2, -0.15) is 4.98 Å². The molecule has 5 rings (SSSR count). The number of halogens is 1. The van der Waals surface area contributed by atoms with Crippen molar-refractivity contribution >= 4 is 34.0 Å². The Balaban J connectivity index is 1.22. The first-order valence-corrected chi connectivity index (χ1v) is 12.6. The van der Waals surface area contributed by atoms with Crippen molar-refractivity contribution in [2.24, 2.45) is 0 Å². The average molecular weight is 503 g/mol. The number of para-hydroxylation sites is 1. The molecule has 1 aliphatic heterocycles. The van der Waals surface area contributed by atoms with Gasteiger partial charge in [0.2, 0.25) is 5.95 Å². The van der Waals surface area contributed by atoms with E-state index in [0.29, 0.717) is 29.5 Å². The number of hydrogen-bond donors (Lipinski definition) is 2. The molecule has 192 valence electrons. The van der Waals surface area contributed by atoms with Gasteiger partial charge in [0.15, 0.2) is 23.1 Å². The molecule has 2 aromatic heterocycles. The van der Waals surface area contributed by atoms with Crippen LogP contribution in [0.25, 0.3) is 10.9 Å². The van der Waals surface area contributed by atoms with Gasteiger partial charge >= 0.3 is 0 Å². The minimum absolute atomic E-state index is 0.0511. The molecular weight excluding hydrogens is 471 g/mol. The number of aromatic nitrogens is 3. The Morgan fingerprint density at radius 1 is 0.919 bits per heavy atom. The number of ether oxygens (including phenoxy) is 2. The van der Waals surface area contributed by atoms with Gasteiger partial charge in [-0.05, 0) is 56.6 Å². The Morgan fingerprint density at radius 2 is 1.78 bits per heavy atom.